The topological polar surface area (TPSA) is 40.5 Å². The second kappa shape index (κ2) is 9.80. The lowest BCUT2D eigenvalue weighted by molar-refractivity contribution is -0.130. The van der Waals surface area contributed by atoms with Crippen molar-refractivity contribution in [3.8, 4) is 5.75 Å². The molecule has 5 atom stereocenters. The Morgan fingerprint density at radius 3 is 2.58 bits per heavy atom. The quantitative estimate of drug-likeness (QED) is 0.464. The van der Waals surface area contributed by atoms with Gasteiger partial charge in [0, 0.05) is 11.8 Å². The second-order valence-electron chi connectivity index (χ2n) is 12.2. The molecule has 3 aliphatic carbocycles. The molecule has 1 N–H and O–H groups in total. The third-order valence-corrected chi connectivity index (χ3v) is 10.8. The van der Waals surface area contributed by atoms with E-state index in [1.807, 2.05) is 0 Å². The fraction of sp³-hybridized carbons (Fsp3) is 0.594. The molecule has 0 aromatic heterocycles. The number of Topliss-reactive ketones (excluding diaryl/α,β-unsaturated/α-hetero) is 1. The number of hydrogen-bond acceptors (Lipinski definition) is 3. The Morgan fingerprint density at radius 1 is 1.03 bits per heavy atom. The number of piperidine rings is 1. The van der Waals surface area contributed by atoms with E-state index in [9.17, 15) is 9.90 Å². The summed E-state index contributed by atoms with van der Waals surface area (Å²) in [5, 5.41) is 10.8. The van der Waals surface area contributed by atoms with Crippen molar-refractivity contribution in [1.29, 1.82) is 0 Å². The second-order valence-corrected chi connectivity index (χ2v) is 12.6. The standard InChI is InChI=1S/C32H40ClNO2/c1-32-20-26(22-9-7-21(8-10-22)6-5-19-34-17-3-2-4-18-34)30-23-13-15-28(35)31(33)24(23)11-12-25(30)27(32)14-16-29(32)36/h7-10,13,15,25-27,30,35H,2-6,11-12,14,16-20H2,1H3/t25-,26?,27-,30+,32-/m0/s1. The number of ketones is 1. The number of rotatable bonds is 5. The molecular weight excluding hydrogens is 466 g/mol. The molecule has 1 heterocycles. The summed E-state index contributed by atoms with van der Waals surface area (Å²) in [5.41, 5.74) is 5.01. The molecule has 2 saturated carbocycles. The Bertz CT molecular complexity index is 1120. The van der Waals surface area contributed by atoms with Gasteiger partial charge in [0.05, 0.1) is 5.02 Å². The van der Waals surface area contributed by atoms with Gasteiger partial charge < -0.3 is 10.0 Å². The van der Waals surface area contributed by atoms with Crippen molar-refractivity contribution in [1.82, 2.24) is 4.90 Å². The van der Waals surface area contributed by atoms with Crippen LogP contribution in [0.15, 0.2) is 36.4 Å². The van der Waals surface area contributed by atoms with Crippen molar-refractivity contribution in [2.24, 2.45) is 17.3 Å². The van der Waals surface area contributed by atoms with Crippen LogP contribution in [0.2, 0.25) is 5.02 Å². The number of aromatic hydroxyl groups is 1. The number of phenolic OH excluding ortho intramolecular Hbond substituents is 1. The number of hydrogen-bond donors (Lipinski definition) is 1. The predicted octanol–water partition coefficient (Wildman–Crippen LogP) is 7.28. The molecule has 3 nitrogen and oxygen atoms in total. The molecule has 36 heavy (non-hydrogen) atoms. The third kappa shape index (κ3) is 4.21. The van der Waals surface area contributed by atoms with Gasteiger partial charge in [0.25, 0.3) is 0 Å². The van der Waals surface area contributed by atoms with E-state index in [4.69, 9.17) is 11.6 Å². The van der Waals surface area contributed by atoms with E-state index >= 15 is 0 Å². The highest BCUT2D eigenvalue weighted by molar-refractivity contribution is 6.32. The molecule has 0 bridgehead atoms. The zero-order chi connectivity index (χ0) is 24.9. The molecule has 2 aromatic rings. The van der Waals surface area contributed by atoms with Gasteiger partial charge in [0.2, 0.25) is 0 Å². The van der Waals surface area contributed by atoms with Crippen molar-refractivity contribution in [2.45, 2.75) is 83.0 Å². The first-order valence-corrected chi connectivity index (χ1v) is 14.7. The van der Waals surface area contributed by atoms with Crippen LogP contribution in [0, 0.1) is 17.3 Å². The lowest BCUT2D eigenvalue weighted by Gasteiger charge is -2.52. The molecular formula is C32H40ClNO2. The first-order chi connectivity index (χ1) is 17.5. The molecule has 0 spiro atoms. The van der Waals surface area contributed by atoms with Gasteiger partial charge in [-0.1, -0.05) is 55.3 Å². The van der Waals surface area contributed by atoms with Gasteiger partial charge in [-0.2, -0.15) is 0 Å². The molecule has 192 valence electrons. The van der Waals surface area contributed by atoms with E-state index in [2.05, 4.69) is 42.2 Å². The summed E-state index contributed by atoms with van der Waals surface area (Å²) in [4.78, 5) is 15.8. The maximum absolute atomic E-state index is 13.2. The average molecular weight is 506 g/mol. The van der Waals surface area contributed by atoms with Gasteiger partial charge >= 0.3 is 0 Å². The largest absolute Gasteiger partial charge is 0.506 e. The van der Waals surface area contributed by atoms with E-state index in [1.165, 1.54) is 62.0 Å². The first-order valence-electron chi connectivity index (χ1n) is 14.3. The van der Waals surface area contributed by atoms with Gasteiger partial charge in [-0.15, -0.1) is 0 Å². The summed E-state index contributed by atoms with van der Waals surface area (Å²) in [7, 11) is 0. The number of likely N-dealkylation sites (tertiary alicyclic amines) is 1. The Labute approximate surface area is 221 Å². The minimum atomic E-state index is -0.211. The lowest BCUT2D eigenvalue weighted by Crippen LogP contribution is -2.46. The van der Waals surface area contributed by atoms with Crippen LogP contribution in [0.1, 0.15) is 92.4 Å². The van der Waals surface area contributed by atoms with Crippen LogP contribution in [0.4, 0.5) is 0 Å². The van der Waals surface area contributed by atoms with Gasteiger partial charge in [0.15, 0.2) is 0 Å². The number of aryl methyl sites for hydroxylation is 1. The van der Waals surface area contributed by atoms with Crippen molar-refractivity contribution >= 4 is 17.4 Å². The number of carbonyl (C=O) groups is 1. The molecule has 6 rings (SSSR count). The van der Waals surface area contributed by atoms with Crippen LogP contribution in [0.5, 0.6) is 5.75 Å². The zero-order valence-electron chi connectivity index (χ0n) is 21.6. The van der Waals surface area contributed by atoms with Crippen molar-refractivity contribution in [2.75, 3.05) is 19.6 Å². The Hall–Kier alpha value is -1.84. The van der Waals surface area contributed by atoms with Gasteiger partial charge in [-0.3, -0.25) is 4.79 Å². The van der Waals surface area contributed by atoms with Gasteiger partial charge in [-0.05, 0) is 123 Å². The van der Waals surface area contributed by atoms with E-state index in [0.717, 1.165) is 44.1 Å². The third-order valence-electron chi connectivity index (χ3n) is 10.3. The molecule has 4 aliphatic rings. The maximum atomic E-state index is 13.2. The smallest absolute Gasteiger partial charge is 0.139 e. The number of halogens is 1. The summed E-state index contributed by atoms with van der Waals surface area (Å²) in [6.07, 6.45) is 11.1. The Balaban J connectivity index is 1.27. The van der Waals surface area contributed by atoms with Crippen LogP contribution >= 0.6 is 11.6 Å². The minimum Gasteiger partial charge on any atom is -0.506 e. The number of phenols is 1. The Kier molecular flexibility index (Phi) is 6.67. The fourth-order valence-electron chi connectivity index (χ4n) is 8.46. The minimum absolute atomic E-state index is 0.191. The van der Waals surface area contributed by atoms with Crippen molar-refractivity contribution in [3.63, 3.8) is 0 Å². The monoisotopic (exact) mass is 505 g/mol. The van der Waals surface area contributed by atoms with E-state index in [-0.39, 0.29) is 11.2 Å². The van der Waals surface area contributed by atoms with Crippen LogP contribution in [-0.4, -0.2) is 35.4 Å². The summed E-state index contributed by atoms with van der Waals surface area (Å²) in [6.45, 7) is 6.00. The molecule has 4 heteroatoms. The van der Waals surface area contributed by atoms with Crippen molar-refractivity contribution < 1.29 is 9.90 Å². The summed E-state index contributed by atoms with van der Waals surface area (Å²) in [6, 6.07) is 13.3. The van der Waals surface area contributed by atoms with Crippen LogP contribution in [0.3, 0.4) is 0 Å². The zero-order valence-corrected chi connectivity index (χ0v) is 22.4. The highest BCUT2D eigenvalue weighted by atomic mass is 35.5. The number of nitrogens with zero attached hydrogens (tertiary/aromatic N) is 1. The maximum Gasteiger partial charge on any atom is 0.139 e. The first kappa shape index (κ1) is 24.5. The summed E-state index contributed by atoms with van der Waals surface area (Å²) in [5.74, 6) is 2.29. The van der Waals surface area contributed by atoms with Crippen LogP contribution in [-0.2, 0) is 17.6 Å². The van der Waals surface area contributed by atoms with E-state index in [1.54, 1.807) is 6.07 Å². The number of carbonyl (C=O) groups excluding carboxylic acids is 1. The molecule has 3 fully saturated rings. The van der Waals surface area contributed by atoms with Crippen LogP contribution < -0.4 is 0 Å². The van der Waals surface area contributed by atoms with Crippen LogP contribution in [0.25, 0.3) is 0 Å². The van der Waals surface area contributed by atoms with E-state index in [0.29, 0.717) is 34.5 Å². The summed E-state index contributed by atoms with van der Waals surface area (Å²) < 4.78 is 0. The predicted molar refractivity (Wildman–Crippen MR) is 146 cm³/mol. The van der Waals surface area contributed by atoms with E-state index < -0.39 is 0 Å². The lowest BCUT2D eigenvalue weighted by atomic mass is 9.51. The highest BCUT2D eigenvalue weighted by Gasteiger charge is 2.58. The molecule has 1 unspecified atom stereocenters. The normalized spacial score (nSPS) is 32.1. The molecule has 1 saturated heterocycles. The fourth-order valence-corrected chi connectivity index (χ4v) is 8.72. The van der Waals surface area contributed by atoms with Gasteiger partial charge in [0.1, 0.15) is 11.5 Å². The highest BCUT2D eigenvalue weighted by Crippen LogP contribution is 2.64. The van der Waals surface area contributed by atoms with Gasteiger partial charge in [-0.25, -0.2) is 0 Å². The van der Waals surface area contributed by atoms with Crippen molar-refractivity contribution in [3.05, 3.63) is 63.7 Å². The molecule has 0 amide bonds. The Morgan fingerprint density at radius 2 is 1.81 bits per heavy atom. The summed E-state index contributed by atoms with van der Waals surface area (Å²) >= 11 is 6.62. The SMILES string of the molecule is C[C@]12CC(c3ccc(CCCN4CCCCC4)cc3)[C@@H]3c4ccc(O)c(Cl)c4CC[C@H]3[C@@H]1CCC2=O. The molecule has 1 aliphatic heterocycles. The molecule has 0 radical (unpaired) electrons. The average Bonchev–Trinajstić information content (AvgIpc) is 3.20. The number of benzene rings is 2. The molecule has 2 aromatic carbocycles. The number of fused-ring (bicyclic) bond motifs is 5.